The molecule has 2 aromatic rings. The van der Waals surface area contributed by atoms with Crippen LogP contribution in [0, 0.1) is 0 Å². The lowest BCUT2D eigenvalue weighted by Crippen LogP contribution is -2.48. The van der Waals surface area contributed by atoms with E-state index in [-0.39, 0.29) is 11.8 Å². The Balaban J connectivity index is 1.63. The highest BCUT2D eigenvalue weighted by Gasteiger charge is 2.28. The molecule has 0 radical (unpaired) electrons. The molecule has 1 aromatic carbocycles. The smallest absolute Gasteiger partial charge is 0.199 e. The predicted octanol–water partition coefficient (Wildman–Crippen LogP) is 2.29. The molecule has 0 saturated carbocycles. The fourth-order valence-corrected chi connectivity index (χ4v) is 2.87. The minimum atomic E-state index is -0.574. The van der Waals surface area contributed by atoms with Gasteiger partial charge in [0.2, 0.25) is 0 Å². The maximum absolute atomic E-state index is 12.2. The minimum absolute atomic E-state index is 0.0373. The van der Waals surface area contributed by atoms with Gasteiger partial charge in [0.05, 0.1) is 25.6 Å². The average molecular weight is 315 g/mol. The molecular weight excluding hydrogens is 294 g/mol. The van der Waals surface area contributed by atoms with E-state index in [4.69, 9.17) is 9.15 Å². The molecular formula is C18H21NO4. The summed E-state index contributed by atoms with van der Waals surface area (Å²) in [6.07, 6.45) is 1.26. The lowest BCUT2D eigenvalue weighted by Gasteiger charge is -2.36. The van der Waals surface area contributed by atoms with E-state index in [0.717, 1.165) is 5.56 Å². The second-order valence-corrected chi connectivity index (χ2v) is 5.75. The summed E-state index contributed by atoms with van der Waals surface area (Å²) < 4.78 is 10.7. The third kappa shape index (κ3) is 4.07. The van der Waals surface area contributed by atoms with Gasteiger partial charge >= 0.3 is 0 Å². The Hall–Kier alpha value is -1.95. The van der Waals surface area contributed by atoms with E-state index < -0.39 is 6.10 Å². The zero-order chi connectivity index (χ0) is 16.1. The summed E-state index contributed by atoms with van der Waals surface area (Å²) in [4.78, 5) is 14.4. The Kier molecular flexibility index (Phi) is 5.23. The van der Waals surface area contributed by atoms with Crippen molar-refractivity contribution in [2.24, 2.45) is 0 Å². The summed E-state index contributed by atoms with van der Waals surface area (Å²) in [5, 5.41) is 10.4. The van der Waals surface area contributed by atoms with Gasteiger partial charge in [0.15, 0.2) is 11.5 Å². The number of ether oxygens (including phenoxy) is 1. The molecule has 1 aromatic heterocycles. The van der Waals surface area contributed by atoms with E-state index >= 15 is 0 Å². The number of rotatable bonds is 6. The molecule has 1 saturated heterocycles. The number of hydrogen-bond donors (Lipinski definition) is 1. The van der Waals surface area contributed by atoms with Crippen LogP contribution in [0.1, 0.15) is 28.6 Å². The number of carbonyl (C=O) groups excluding carboxylic acids is 1. The molecule has 1 aliphatic rings. The van der Waals surface area contributed by atoms with E-state index in [9.17, 15) is 9.90 Å². The number of furan rings is 1. The van der Waals surface area contributed by atoms with Gasteiger partial charge in [-0.15, -0.1) is 0 Å². The number of morpholine rings is 1. The molecule has 122 valence electrons. The first-order chi connectivity index (χ1) is 11.2. The zero-order valence-electron chi connectivity index (χ0n) is 12.9. The number of hydrogen-bond acceptors (Lipinski definition) is 5. The summed E-state index contributed by atoms with van der Waals surface area (Å²) in [6, 6.07) is 12.9. The highest BCUT2D eigenvalue weighted by atomic mass is 16.5. The largest absolute Gasteiger partial charge is 0.461 e. The van der Waals surface area contributed by atoms with Crippen LogP contribution >= 0.6 is 0 Å². The monoisotopic (exact) mass is 315 g/mol. The molecule has 0 aliphatic carbocycles. The van der Waals surface area contributed by atoms with E-state index in [1.54, 1.807) is 12.1 Å². The quantitative estimate of drug-likeness (QED) is 0.829. The molecule has 2 atom stereocenters. The van der Waals surface area contributed by atoms with Crippen LogP contribution in [0.25, 0.3) is 0 Å². The molecule has 0 amide bonds. The number of carbonyl (C=O) groups is 1. The second-order valence-electron chi connectivity index (χ2n) is 5.75. The standard InChI is InChI=1S/C18H21NO4/c20-16(18-7-4-9-23-18)11-15-13-22-10-8-19(15)12-17(21)14-5-2-1-3-6-14/h1-7,9,15,17,21H,8,10-13H2/t15-,17-/m0/s1. The molecule has 0 bridgehead atoms. The van der Waals surface area contributed by atoms with Crippen LogP contribution in [-0.2, 0) is 4.74 Å². The number of β-amino-alcohol motifs (C(OH)–C–C–N with tert-alkyl or cyclic N) is 1. The van der Waals surface area contributed by atoms with E-state index in [0.29, 0.717) is 38.5 Å². The van der Waals surface area contributed by atoms with Gasteiger partial charge in [0.25, 0.3) is 0 Å². The van der Waals surface area contributed by atoms with Crippen molar-refractivity contribution in [1.29, 1.82) is 0 Å². The highest BCUT2D eigenvalue weighted by Crippen LogP contribution is 2.20. The second kappa shape index (κ2) is 7.55. The van der Waals surface area contributed by atoms with Crippen molar-refractivity contribution < 1.29 is 19.1 Å². The number of Topliss-reactive ketones (excluding diaryl/α,β-unsaturated/α-hetero) is 1. The zero-order valence-corrected chi connectivity index (χ0v) is 12.9. The van der Waals surface area contributed by atoms with Crippen molar-refractivity contribution in [3.8, 4) is 0 Å². The first kappa shape index (κ1) is 15.9. The van der Waals surface area contributed by atoms with Crippen LogP contribution in [-0.4, -0.2) is 48.1 Å². The molecule has 1 fully saturated rings. The number of benzene rings is 1. The molecule has 5 heteroatoms. The normalized spacial score (nSPS) is 20.3. The fraction of sp³-hybridized carbons (Fsp3) is 0.389. The van der Waals surface area contributed by atoms with Crippen LogP contribution in [0.15, 0.2) is 53.1 Å². The van der Waals surface area contributed by atoms with Crippen molar-refractivity contribution in [2.45, 2.75) is 18.6 Å². The fourth-order valence-electron chi connectivity index (χ4n) is 2.87. The lowest BCUT2D eigenvalue weighted by molar-refractivity contribution is -0.0274. The number of aliphatic hydroxyl groups is 1. The molecule has 3 rings (SSSR count). The van der Waals surface area contributed by atoms with Gasteiger partial charge in [0, 0.05) is 25.6 Å². The third-order valence-corrected chi connectivity index (χ3v) is 4.16. The van der Waals surface area contributed by atoms with Gasteiger partial charge in [-0.25, -0.2) is 0 Å². The molecule has 2 heterocycles. The Morgan fingerprint density at radius 3 is 2.83 bits per heavy atom. The van der Waals surface area contributed by atoms with Crippen LogP contribution in [0.2, 0.25) is 0 Å². The summed E-state index contributed by atoms with van der Waals surface area (Å²) in [6.45, 7) is 2.31. The Bertz CT molecular complexity index is 611. The van der Waals surface area contributed by atoms with Crippen LogP contribution in [0.5, 0.6) is 0 Å². The van der Waals surface area contributed by atoms with Crippen molar-refractivity contribution in [3.63, 3.8) is 0 Å². The van der Waals surface area contributed by atoms with Gasteiger partial charge in [-0.05, 0) is 17.7 Å². The lowest BCUT2D eigenvalue weighted by atomic mass is 10.0. The number of ketones is 1. The molecule has 1 aliphatic heterocycles. The van der Waals surface area contributed by atoms with Gasteiger partial charge in [-0.2, -0.15) is 0 Å². The van der Waals surface area contributed by atoms with Gasteiger partial charge in [0.1, 0.15) is 0 Å². The van der Waals surface area contributed by atoms with E-state index in [1.165, 1.54) is 6.26 Å². The Labute approximate surface area is 135 Å². The topological polar surface area (TPSA) is 62.9 Å². The van der Waals surface area contributed by atoms with Gasteiger partial charge in [-0.3, -0.25) is 9.69 Å². The maximum atomic E-state index is 12.2. The number of nitrogens with zero attached hydrogens (tertiary/aromatic N) is 1. The molecule has 23 heavy (non-hydrogen) atoms. The van der Waals surface area contributed by atoms with Crippen molar-refractivity contribution in [2.75, 3.05) is 26.3 Å². The van der Waals surface area contributed by atoms with Crippen molar-refractivity contribution >= 4 is 5.78 Å². The maximum Gasteiger partial charge on any atom is 0.199 e. The first-order valence-corrected chi connectivity index (χ1v) is 7.85. The average Bonchev–Trinajstić information content (AvgIpc) is 3.12. The minimum Gasteiger partial charge on any atom is -0.461 e. The van der Waals surface area contributed by atoms with E-state index in [1.807, 2.05) is 30.3 Å². The SMILES string of the molecule is O=C(C[C@H]1COCCN1C[C@H](O)c1ccccc1)c1ccco1. The molecule has 0 unspecified atom stereocenters. The molecule has 0 spiro atoms. The Morgan fingerprint density at radius 2 is 2.09 bits per heavy atom. The summed E-state index contributed by atoms with van der Waals surface area (Å²) in [7, 11) is 0. The van der Waals surface area contributed by atoms with Crippen LogP contribution in [0.4, 0.5) is 0 Å². The molecule has 5 nitrogen and oxygen atoms in total. The summed E-state index contributed by atoms with van der Waals surface area (Å²) in [5.74, 6) is 0.337. The van der Waals surface area contributed by atoms with Crippen LogP contribution in [0.3, 0.4) is 0 Å². The van der Waals surface area contributed by atoms with Gasteiger partial charge < -0.3 is 14.3 Å². The summed E-state index contributed by atoms with van der Waals surface area (Å²) in [5.41, 5.74) is 0.884. The summed E-state index contributed by atoms with van der Waals surface area (Å²) >= 11 is 0. The highest BCUT2D eigenvalue weighted by molar-refractivity contribution is 5.93. The number of aliphatic hydroxyl groups excluding tert-OH is 1. The molecule has 1 N–H and O–H groups in total. The first-order valence-electron chi connectivity index (χ1n) is 7.85. The van der Waals surface area contributed by atoms with Crippen LogP contribution < -0.4 is 0 Å². The predicted molar refractivity (Wildman–Crippen MR) is 85.2 cm³/mol. The van der Waals surface area contributed by atoms with Crippen molar-refractivity contribution in [1.82, 2.24) is 4.90 Å². The Morgan fingerprint density at radius 1 is 1.26 bits per heavy atom. The third-order valence-electron chi connectivity index (χ3n) is 4.16. The van der Waals surface area contributed by atoms with Gasteiger partial charge in [-0.1, -0.05) is 30.3 Å². The van der Waals surface area contributed by atoms with Crippen molar-refractivity contribution in [3.05, 3.63) is 60.1 Å². The van der Waals surface area contributed by atoms with E-state index in [2.05, 4.69) is 4.90 Å².